The van der Waals surface area contributed by atoms with Gasteiger partial charge in [0, 0.05) is 30.9 Å². The lowest BCUT2D eigenvalue weighted by atomic mass is 9.99. The molecular weight excluding hydrogens is 232 g/mol. The molecule has 0 saturated carbocycles. The summed E-state index contributed by atoms with van der Waals surface area (Å²) in [4.78, 5) is 4.48. The van der Waals surface area contributed by atoms with Crippen LogP contribution in [0.2, 0.25) is 0 Å². The highest BCUT2D eigenvalue weighted by Crippen LogP contribution is 2.18. The molecule has 1 N–H and O–H groups in total. The minimum atomic E-state index is 0.509. The molecule has 0 saturated heterocycles. The molecule has 0 spiro atoms. The SMILES string of the molecule is CCCC(CNCc1ccccc1)c1ccccn1. The summed E-state index contributed by atoms with van der Waals surface area (Å²) in [5.74, 6) is 0.509. The van der Waals surface area contributed by atoms with Crippen molar-refractivity contribution in [2.24, 2.45) is 0 Å². The van der Waals surface area contributed by atoms with E-state index in [0.717, 1.165) is 13.1 Å². The predicted octanol–water partition coefficient (Wildman–Crippen LogP) is 3.76. The molecule has 2 rings (SSSR count). The summed E-state index contributed by atoms with van der Waals surface area (Å²) in [6.45, 7) is 4.14. The topological polar surface area (TPSA) is 24.9 Å². The Morgan fingerprint density at radius 2 is 1.84 bits per heavy atom. The number of nitrogens with one attached hydrogen (secondary N) is 1. The molecule has 1 unspecified atom stereocenters. The number of rotatable bonds is 7. The lowest BCUT2D eigenvalue weighted by Crippen LogP contribution is -2.21. The first kappa shape index (κ1) is 13.8. The van der Waals surface area contributed by atoms with Crippen LogP contribution in [0.15, 0.2) is 54.7 Å². The van der Waals surface area contributed by atoms with Gasteiger partial charge >= 0.3 is 0 Å². The second-order valence-corrected chi connectivity index (χ2v) is 4.86. The van der Waals surface area contributed by atoms with Crippen LogP contribution in [-0.2, 0) is 6.54 Å². The largest absolute Gasteiger partial charge is 0.312 e. The van der Waals surface area contributed by atoms with Gasteiger partial charge in [-0.05, 0) is 24.1 Å². The molecule has 0 amide bonds. The number of aromatic nitrogens is 1. The quantitative estimate of drug-likeness (QED) is 0.814. The van der Waals surface area contributed by atoms with Crippen molar-refractivity contribution in [3.8, 4) is 0 Å². The summed E-state index contributed by atoms with van der Waals surface area (Å²) >= 11 is 0. The molecule has 0 bridgehead atoms. The fourth-order valence-corrected chi connectivity index (χ4v) is 2.31. The predicted molar refractivity (Wildman–Crippen MR) is 80.0 cm³/mol. The minimum absolute atomic E-state index is 0.509. The maximum absolute atomic E-state index is 4.48. The van der Waals surface area contributed by atoms with Gasteiger partial charge in [0.25, 0.3) is 0 Å². The third kappa shape index (κ3) is 4.49. The number of nitrogens with zero attached hydrogens (tertiary/aromatic N) is 1. The number of hydrogen-bond donors (Lipinski definition) is 1. The van der Waals surface area contributed by atoms with E-state index in [-0.39, 0.29) is 0 Å². The van der Waals surface area contributed by atoms with E-state index in [2.05, 4.69) is 59.7 Å². The van der Waals surface area contributed by atoms with Crippen LogP contribution in [0.3, 0.4) is 0 Å². The highest BCUT2D eigenvalue weighted by atomic mass is 14.9. The maximum Gasteiger partial charge on any atom is 0.0447 e. The summed E-state index contributed by atoms with van der Waals surface area (Å²) in [5.41, 5.74) is 2.53. The van der Waals surface area contributed by atoms with Crippen molar-refractivity contribution in [2.75, 3.05) is 6.54 Å². The van der Waals surface area contributed by atoms with Crippen LogP contribution in [0.25, 0.3) is 0 Å². The molecule has 19 heavy (non-hydrogen) atoms. The first-order valence-electron chi connectivity index (χ1n) is 7.05. The van der Waals surface area contributed by atoms with E-state index in [9.17, 15) is 0 Å². The maximum atomic E-state index is 4.48. The molecule has 1 aromatic heterocycles. The molecule has 0 radical (unpaired) electrons. The Morgan fingerprint density at radius 3 is 2.53 bits per heavy atom. The molecule has 2 heteroatoms. The highest BCUT2D eigenvalue weighted by Gasteiger charge is 2.10. The molecule has 0 aliphatic carbocycles. The van der Waals surface area contributed by atoms with Crippen LogP contribution in [-0.4, -0.2) is 11.5 Å². The average Bonchev–Trinajstić information content (AvgIpc) is 2.48. The van der Waals surface area contributed by atoms with E-state index >= 15 is 0 Å². The van der Waals surface area contributed by atoms with E-state index in [0.29, 0.717) is 5.92 Å². The highest BCUT2D eigenvalue weighted by molar-refractivity contribution is 5.15. The third-order valence-corrected chi connectivity index (χ3v) is 3.31. The van der Waals surface area contributed by atoms with Crippen molar-refractivity contribution in [3.05, 3.63) is 66.0 Å². The van der Waals surface area contributed by atoms with Gasteiger partial charge in [0.1, 0.15) is 0 Å². The Bertz CT molecular complexity index is 453. The summed E-state index contributed by atoms with van der Waals surface area (Å²) in [6.07, 6.45) is 4.25. The van der Waals surface area contributed by atoms with Crippen molar-refractivity contribution >= 4 is 0 Å². The molecule has 0 fully saturated rings. The smallest absolute Gasteiger partial charge is 0.0447 e. The van der Waals surface area contributed by atoms with Crippen LogP contribution in [0.5, 0.6) is 0 Å². The summed E-state index contributed by atoms with van der Waals surface area (Å²) in [5, 5.41) is 3.55. The van der Waals surface area contributed by atoms with Gasteiger partial charge in [0.15, 0.2) is 0 Å². The van der Waals surface area contributed by atoms with Crippen molar-refractivity contribution in [1.82, 2.24) is 10.3 Å². The van der Waals surface area contributed by atoms with E-state index in [1.165, 1.54) is 24.1 Å². The van der Waals surface area contributed by atoms with Gasteiger partial charge in [-0.1, -0.05) is 49.7 Å². The molecule has 1 atom stereocenters. The zero-order chi connectivity index (χ0) is 13.3. The summed E-state index contributed by atoms with van der Waals surface area (Å²) in [7, 11) is 0. The van der Waals surface area contributed by atoms with Crippen molar-refractivity contribution in [2.45, 2.75) is 32.2 Å². The number of benzene rings is 1. The molecular formula is C17H22N2. The van der Waals surface area contributed by atoms with Gasteiger partial charge in [-0.2, -0.15) is 0 Å². The van der Waals surface area contributed by atoms with Gasteiger partial charge in [0.05, 0.1) is 0 Å². The Kier molecular flexibility index (Phi) is 5.57. The van der Waals surface area contributed by atoms with E-state index < -0.39 is 0 Å². The van der Waals surface area contributed by atoms with Crippen LogP contribution in [0.1, 0.15) is 36.9 Å². The molecule has 1 aromatic carbocycles. The van der Waals surface area contributed by atoms with Gasteiger partial charge in [0.2, 0.25) is 0 Å². The summed E-state index contributed by atoms with van der Waals surface area (Å²) in [6, 6.07) is 16.7. The van der Waals surface area contributed by atoms with Crippen molar-refractivity contribution in [1.29, 1.82) is 0 Å². The molecule has 0 aliphatic heterocycles. The van der Waals surface area contributed by atoms with E-state index in [4.69, 9.17) is 0 Å². The van der Waals surface area contributed by atoms with Crippen molar-refractivity contribution < 1.29 is 0 Å². The third-order valence-electron chi connectivity index (χ3n) is 3.31. The van der Waals surface area contributed by atoms with Gasteiger partial charge in [-0.15, -0.1) is 0 Å². The van der Waals surface area contributed by atoms with Crippen LogP contribution in [0, 0.1) is 0 Å². The first-order valence-corrected chi connectivity index (χ1v) is 7.05. The Morgan fingerprint density at radius 1 is 1.05 bits per heavy atom. The van der Waals surface area contributed by atoms with Crippen LogP contribution < -0.4 is 5.32 Å². The fraction of sp³-hybridized carbons (Fsp3) is 0.353. The molecule has 100 valence electrons. The zero-order valence-electron chi connectivity index (χ0n) is 11.5. The second-order valence-electron chi connectivity index (χ2n) is 4.86. The fourth-order valence-electron chi connectivity index (χ4n) is 2.31. The molecule has 0 aliphatic rings. The lowest BCUT2D eigenvalue weighted by molar-refractivity contribution is 0.534. The Hall–Kier alpha value is -1.67. The van der Waals surface area contributed by atoms with Crippen LogP contribution in [0.4, 0.5) is 0 Å². The monoisotopic (exact) mass is 254 g/mol. The molecule has 2 aromatic rings. The van der Waals surface area contributed by atoms with E-state index in [1.54, 1.807) is 0 Å². The van der Waals surface area contributed by atoms with Gasteiger partial charge in [-0.3, -0.25) is 4.98 Å². The first-order chi connectivity index (χ1) is 9.40. The van der Waals surface area contributed by atoms with Crippen LogP contribution >= 0.6 is 0 Å². The number of hydrogen-bond acceptors (Lipinski definition) is 2. The zero-order valence-corrected chi connectivity index (χ0v) is 11.5. The van der Waals surface area contributed by atoms with E-state index in [1.807, 2.05) is 12.3 Å². The Labute approximate surface area is 115 Å². The molecule has 2 nitrogen and oxygen atoms in total. The summed E-state index contributed by atoms with van der Waals surface area (Å²) < 4.78 is 0. The normalized spacial score (nSPS) is 12.3. The lowest BCUT2D eigenvalue weighted by Gasteiger charge is -2.16. The molecule has 1 heterocycles. The van der Waals surface area contributed by atoms with Gasteiger partial charge in [-0.25, -0.2) is 0 Å². The van der Waals surface area contributed by atoms with Gasteiger partial charge < -0.3 is 5.32 Å². The average molecular weight is 254 g/mol. The number of pyridine rings is 1. The minimum Gasteiger partial charge on any atom is -0.312 e. The second kappa shape index (κ2) is 7.70. The Balaban J connectivity index is 1.87. The van der Waals surface area contributed by atoms with Crippen molar-refractivity contribution in [3.63, 3.8) is 0 Å². The standard InChI is InChI=1S/C17H22N2/c1-2-8-16(17-11-6-7-12-19-17)14-18-13-15-9-4-3-5-10-15/h3-7,9-12,16,18H,2,8,13-14H2,1H3.